The number of aromatic nitrogens is 3. The number of hydrogen-bond donors (Lipinski definition) is 2. The molecule has 3 aromatic rings. The Morgan fingerprint density at radius 2 is 2.00 bits per heavy atom. The van der Waals surface area contributed by atoms with E-state index < -0.39 is 22.1 Å². The number of sulfonamides is 1. The van der Waals surface area contributed by atoms with Crippen LogP contribution in [0.5, 0.6) is 0 Å². The van der Waals surface area contributed by atoms with Gasteiger partial charge in [-0.3, -0.25) is 23.7 Å². The standard InChI is InChI=1S/C24H28FN5O4S/c1-29-24(32)22-19(10-15(26-23(22)28-29)11-21(31)16-12-17(16)25)27-18-8-7-14(13-5-4-6-13)9-20(18)30(2)35(3,33)34/h7-10,13,16-17H,4-6,11-12H2,1-3H3,(H2,26,27,28)/t16-,17+/m1/s1. The van der Waals surface area contributed by atoms with Gasteiger partial charge in [-0.25, -0.2) is 17.8 Å². The lowest BCUT2D eigenvalue weighted by Gasteiger charge is -2.28. The van der Waals surface area contributed by atoms with Crippen molar-refractivity contribution in [3.05, 3.63) is 45.9 Å². The highest BCUT2D eigenvalue weighted by Crippen LogP contribution is 2.41. The van der Waals surface area contributed by atoms with Gasteiger partial charge in [-0.05, 0) is 48.9 Å². The highest BCUT2D eigenvalue weighted by Gasteiger charge is 2.43. The first-order chi connectivity index (χ1) is 16.5. The third kappa shape index (κ3) is 4.44. The fourth-order valence-corrected chi connectivity index (χ4v) is 5.01. The number of aromatic amines is 1. The molecule has 2 heterocycles. The highest BCUT2D eigenvalue weighted by atomic mass is 32.2. The van der Waals surface area contributed by atoms with Gasteiger partial charge in [0, 0.05) is 20.5 Å². The second-order valence-electron chi connectivity index (χ2n) is 9.62. The molecule has 186 valence electrons. The van der Waals surface area contributed by atoms with Crippen LogP contribution in [0.15, 0.2) is 29.1 Å². The van der Waals surface area contributed by atoms with E-state index in [9.17, 15) is 22.4 Å². The van der Waals surface area contributed by atoms with Crippen LogP contribution in [0.2, 0.25) is 0 Å². The number of carbonyl (C=O) groups is 1. The first kappa shape index (κ1) is 23.5. The van der Waals surface area contributed by atoms with Crippen molar-refractivity contribution in [1.82, 2.24) is 14.8 Å². The molecule has 2 atom stereocenters. The zero-order valence-corrected chi connectivity index (χ0v) is 20.7. The summed E-state index contributed by atoms with van der Waals surface area (Å²) in [4.78, 5) is 29.7. The summed E-state index contributed by atoms with van der Waals surface area (Å²) in [5, 5.41) is 6.40. The Morgan fingerprint density at radius 3 is 2.60 bits per heavy atom. The van der Waals surface area contributed by atoms with Crippen molar-refractivity contribution in [3.8, 4) is 0 Å². The molecule has 0 unspecified atom stereocenters. The van der Waals surface area contributed by atoms with Crippen molar-refractivity contribution in [2.24, 2.45) is 13.0 Å². The van der Waals surface area contributed by atoms with Crippen molar-refractivity contribution in [1.29, 1.82) is 0 Å². The lowest BCUT2D eigenvalue weighted by molar-refractivity contribution is -0.120. The molecule has 0 spiro atoms. The average Bonchev–Trinajstić information content (AvgIpc) is 3.41. The van der Waals surface area contributed by atoms with Crippen LogP contribution in [0, 0.1) is 5.92 Å². The number of nitrogens with one attached hydrogen (secondary N) is 2. The molecule has 2 fully saturated rings. The zero-order valence-electron chi connectivity index (χ0n) is 19.8. The summed E-state index contributed by atoms with van der Waals surface area (Å²) in [7, 11) is -0.498. The second-order valence-corrected chi connectivity index (χ2v) is 11.6. The van der Waals surface area contributed by atoms with E-state index in [4.69, 9.17) is 0 Å². The number of Topliss-reactive ketones (excluding diaryl/α,β-unsaturated/α-hetero) is 1. The van der Waals surface area contributed by atoms with Gasteiger partial charge in [0.2, 0.25) is 10.0 Å². The lowest BCUT2D eigenvalue weighted by Crippen LogP contribution is -2.26. The fraction of sp³-hybridized carbons (Fsp3) is 0.458. The molecule has 2 aliphatic carbocycles. The number of fused-ring (bicyclic) bond motifs is 1. The molecule has 11 heteroatoms. The number of pyridine rings is 1. The molecule has 0 aliphatic heterocycles. The average molecular weight is 502 g/mol. The molecular weight excluding hydrogens is 473 g/mol. The molecule has 1 aromatic carbocycles. The van der Waals surface area contributed by atoms with Crippen LogP contribution in [0.1, 0.15) is 42.9 Å². The first-order valence-electron chi connectivity index (χ1n) is 11.6. The molecule has 0 amide bonds. The Kier molecular flexibility index (Phi) is 5.70. The number of rotatable bonds is 8. The molecule has 0 saturated heterocycles. The second kappa shape index (κ2) is 8.47. The monoisotopic (exact) mass is 501 g/mol. The Labute approximate surface area is 202 Å². The lowest BCUT2D eigenvalue weighted by atomic mass is 9.80. The molecule has 0 radical (unpaired) electrons. The van der Waals surface area contributed by atoms with E-state index in [-0.39, 0.29) is 29.6 Å². The van der Waals surface area contributed by atoms with Crippen LogP contribution in [-0.2, 0) is 28.3 Å². The molecular formula is C24H28FN5O4S. The number of alkyl halides is 1. The summed E-state index contributed by atoms with van der Waals surface area (Å²) >= 11 is 0. The summed E-state index contributed by atoms with van der Waals surface area (Å²) < 4.78 is 40.7. The zero-order chi connectivity index (χ0) is 25.1. The number of nitrogens with zero attached hydrogens (tertiary/aromatic N) is 3. The van der Waals surface area contributed by atoms with Crippen molar-refractivity contribution in [2.75, 3.05) is 22.9 Å². The molecule has 35 heavy (non-hydrogen) atoms. The largest absolute Gasteiger partial charge is 0.353 e. The molecule has 0 bridgehead atoms. The van der Waals surface area contributed by atoms with E-state index in [1.54, 1.807) is 13.1 Å². The van der Waals surface area contributed by atoms with Crippen LogP contribution in [0.3, 0.4) is 0 Å². The summed E-state index contributed by atoms with van der Waals surface area (Å²) in [5.41, 5.74) is 2.80. The molecule has 2 N–H and O–H groups in total. The summed E-state index contributed by atoms with van der Waals surface area (Å²) in [6, 6.07) is 7.27. The van der Waals surface area contributed by atoms with Crippen molar-refractivity contribution in [2.45, 2.75) is 44.2 Å². The Hall–Kier alpha value is -3.21. The van der Waals surface area contributed by atoms with E-state index in [0.29, 0.717) is 34.3 Å². The van der Waals surface area contributed by atoms with E-state index >= 15 is 0 Å². The predicted octanol–water partition coefficient (Wildman–Crippen LogP) is 3.14. The number of halogens is 1. The van der Waals surface area contributed by atoms with Gasteiger partial charge in [-0.2, -0.15) is 0 Å². The number of H-pyrrole nitrogens is 1. The van der Waals surface area contributed by atoms with Gasteiger partial charge >= 0.3 is 0 Å². The van der Waals surface area contributed by atoms with Crippen molar-refractivity contribution in [3.63, 3.8) is 0 Å². The number of carbonyl (C=O) groups excluding carboxylic acids is 1. The number of hydrogen-bond acceptors (Lipinski definition) is 6. The predicted molar refractivity (Wildman–Crippen MR) is 133 cm³/mol. The van der Waals surface area contributed by atoms with E-state index in [2.05, 4.69) is 15.4 Å². The van der Waals surface area contributed by atoms with Crippen molar-refractivity contribution >= 4 is 43.9 Å². The van der Waals surface area contributed by atoms with Crippen LogP contribution < -0.4 is 15.2 Å². The van der Waals surface area contributed by atoms with Gasteiger partial charge < -0.3 is 5.32 Å². The topological polar surface area (TPSA) is 117 Å². The van der Waals surface area contributed by atoms with Crippen LogP contribution in [-0.4, -0.2) is 48.4 Å². The summed E-state index contributed by atoms with van der Waals surface area (Å²) in [6.45, 7) is 0. The van der Waals surface area contributed by atoms with Gasteiger partial charge in [-0.15, -0.1) is 0 Å². The van der Waals surface area contributed by atoms with E-state index in [0.717, 1.165) is 31.1 Å². The third-order valence-electron chi connectivity index (χ3n) is 7.05. The molecule has 5 rings (SSSR count). The molecule has 2 saturated carbocycles. The van der Waals surface area contributed by atoms with Crippen LogP contribution >= 0.6 is 0 Å². The molecule has 9 nitrogen and oxygen atoms in total. The smallest absolute Gasteiger partial charge is 0.277 e. The van der Waals surface area contributed by atoms with Crippen LogP contribution in [0.25, 0.3) is 11.0 Å². The Morgan fingerprint density at radius 1 is 1.29 bits per heavy atom. The van der Waals surface area contributed by atoms with E-state index in [1.165, 1.54) is 16.0 Å². The van der Waals surface area contributed by atoms with Crippen molar-refractivity contribution < 1.29 is 17.6 Å². The minimum absolute atomic E-state index is 0.0522. The van der Waals surface area contributed by atoms with Gasteiger partial charge in [0.1, 0.15) is 17.3 Å². The number of ketones is 1. The Balaban J connectivity index is 1.58. The minimum Gasteiger partial charge on any atom is -0.353 e. The minimum atomic E-state index is -3.55. The molecule has 2 aromatic heterocycles. The normalized spacial score (nSPS) is 20.0. The van der Waals surface area contributed by atoms with Gasteiger partial charge in [0.25, 0.3) is 5.56 Å². The summed E-state index contributed by atoms with van der Waals surface area (Å²) in [6.07, 6.45) is 3.52. The quantitative estimate of drug-likeness (QED) is 0.490. The van der Waals surface area contributed by atoms with Gasteiger partial charge in [-0.1, -0.05) is 12.5 Å². The first-order valence-corrected chi connectivity index (χ1v) is 13.5. The number of aryl methyl sites for hydroxylation is 1. The Bertz CT molecular complexity index is 1490. The maximum absolute atomic E-state index is 13.4. The number of anilines is 3. The summed E-state index contributed by atoms with van der Waals surface area (Å²) in [5.74, 6) is -0.413. The highest BCUT2D eigenvalue weighted by molar-refractivity contribution is 7.92. The fourth-order valence-electron chi connectivity index (χ4n) is 4.50. The third-order valence-corrected chi connectivity index (χ3v) is 8.24. The van der Waals surface area contributed by atoms with Gasteiger partial charge in [0.05, 0.1) is 34.9 Å². The maximum Gasteiger partial charge on any atom is 0.277 e. The molecule has 2 aliphatic rings. The number of benzene rings is 1. The van der Waals surface area contributed by atoms with E-state index in [1.807, 2.05) is 18.2 Å². The SMILES string of the molecule is CN(c1cc(C2CCC2)ccc1Nc1cc(CC(=O)[C@@H]2C[C@@H]2F)nc2[nH]n(C)c(=O)c12)S(C)(=O)=O. The van der Waals surface area contributed by atoms with Crippen LogP contribution in [0.4, 0.5) is 21.5 Å². The van der Waals surface area contributed by atoms with Gasteiger partial charge in [0.15, 0.2) is 5.65 Å². The maximum atomic E-state index is 13.4.